The molecule has 0 bridgehead atoms. The lowest BCUT2D eigenvalue weighted by Gasteiger charge is -2.52. The Bertz CT molecular complexity index is 579. The van der Waals surface area contributed by atoms with Crippen molar-refractivity contribution in [3.63, 3.8) is 0 Å². The molecule has 2 heterocycles. The molecule has 2 aliphatic heterocycles. The largest absolute Gasteiger partial charge is 0.343 e. The molecule has 4 nitrogen and oxygen atoms in total. The normalized spacial score (nSPS) is 20.6. The Morgan fingerprint density at radius 3 is 2.62 bits per heavy atom. The van der Waals surface area contributed by atoms with E-state index in [2.05, 4.69) is 0 Å². The average molecular weight is 290 g/mol. The monoisotopic (exact) mass is 290 g/mol. The summed E-state index contributed by atoms with van der Waals surface area (Å²) in [6.07, 6.45) is 1.93. The highest BCUT2D eigenvalue weighted by Crippen LogP contribution is 2.44. The minimum absolute atomic E-state index is 0.0664. The van der Waals surface area contributed by atoms with Crippen LogP contribution in [-0.4, -0.2) is 36.3 Å². The molecule has 2 fully saturated rings. The fourth-order valence-electron chi connectivity index (χ4n) is 3.27. The number of halogens is 1. The van der Waals surface area contributed by atoms with Gasteiger partial charge in [-0.25, -0.2) is 4.39 Å². The van der Waals surface area contributed by atoms with Gasteiger partial charge in [0.15, 0.2) is 0 Å². The second-order valence-electron chi connectivity index (χ2n) is 5.89. The van der Waals surface area contributed by atoms with Gasteiger partial charge in [0.2, 0.25) is 11.8 Å². The number of carbonyl (C=O) groups excluding carboxylic acids is 2. The highest BCUT2D eigenvalue weighted by atomic mass is 19.1. The summed E-state index contributed by atoms with van der Waals surface area (Å²) in [5.74, 6) is -0.111. The van der Waals surface area contributed by atoms with Crippen molar-refractivity contribution in [2.45, 2.75) is 26.2 Å². The van der Waals surface area contributed by atoms with Crippen molar-refractivity contribution < 1.29 is 14.0 Å². The molecule has 5 heteroatoms. The summed E-state index contributed by atoms with van der Waals surface area (Å²) >= 11 is 0. The van der Waals surface area contributed by atoms with Crippen LogP contribution < -0.4 is 4.90 Å². The first kappa shape index (κ1) is 14.0. The lowest BCUT2D eigenvalue weighted by molar-refractivity contribution is -0.144. The Balaban J connectivity index is 1.66. The first-order valence-corrected chi connectivity index (χ1v) is 7.41. The van der Waals surface area contributed by atoms with Crippen molar-refractivity contribution in [1.29, 1.82) is 0 Å². The van der Waals surface area contributed by atoms with Gasteiger partial charge in [-0.05, 0) is 31.0 Å². The van der Waals surface area contributed by atoms with E-state index in [0.717, 1.165) is 0 Å². The van der Waals surface area contributed by atoms with Crippen molar-refractivity contribution in [2.24, 2.45) is 5.41 Å². The number of nitrogens with zero attached hydrogens (tertiary/aromatic N) is 2. The number of hydrogen-bond acceptors (Lipinski definition) is 2. The van der Waals surface area contributed by atoms with Gasteiger partial charge >= 0.3 is 0 Å². The van der Waals surface area contributed by atoms with Crippen LogP contribution in [0.4, 0.5) is 10.1 Å². The lowest BCUT2D eigenvalue weighted by atomic mass is 9.70. The highest BCUT2D eigenvalue weighted by molar-refractivity contribution is 6.04. The Hall–Kier alpha value is -1.91. The second-order valence-corrected chi connectivity index (χ2v) is 5.89. The zero-order valence-corrected chi connectivity index (χ0v) is 12.1. The summed E-state index contributed by atoms with van der Waals surface area (Å²) in [6, 6.07) is 6.13. The molecule has 21 heavy (non-hydrogen) atoms. The van der Waals surface area contributed by atoms with Gasteiger partial charge in [-0.1, -0.05) is 13.0 Å². The molecule has 0 aliphatic carbocycles. The molecule has 0 atom stereocenters. The first-order chi connectivity index (χ1) is 10.1. The van der Waals surface area contributed by atoms with E-state index in [0.29, 0.717) is 44.6 Å². The maximum Gasteiger partial charge on any atom is 0.235 e. The van der Waals surface area contributed by atoms with Crippen LogP contribution in [0.1, 0.15) is 26.2 Å². The molecule has 1 aromatic rings. The molecule has 0 radical (unpaired) electrons. The van der Waals surface area contributed by atoms with Gasteiger partial charge in [-0.2, -0.15) is 0 Å². The topological polar surface area (TPSA) is 40.6 Å². The van der Waals surface area contributed by atoms with Crippen LogP contribution in [-0.2, 0) is 9.59 Å². The smallest absolute Gasteiger partial charge is 0.235 e. The second kappa shape index (κ2) is 5.13. The summed E-state index contributed by atoms with van der Waals surface area (Å²) in [5, 5.41) is 0. The quantitative estimate of drug-likeness (QED) is 0.783. The molecule has 1 aromatic carbocycles. The Morgan fingerprint density at radius 2 is 2.05 bits per heavy atom. The van der Waals surface area contributed by atoms with Crippen LogP contribution in [0.15, 0.2) is 24.3 Å². The molecule has 0 saturated carbocycles. The summed E-state index contributed by atoms with van der Waals surface area (Å²) in [5.41, 5.74) is 0.286. The number of piperidine rings is 1. The van der Waals surface area contributed by atoms with E-state index >= 15 is 0 Å². The first-order valence-electron chi connectivity index (χ1n) is 7.41. The van der Waals surface area contributed by atoms with E-state index in [9.17, 15) is 14.0 Å². The van der Waals surface area contributed by atoms with Crippen molar-refractivity contribution in [3.05, 3.63) is 30.1 Å². The Labute approximate surface area is 123 Å². The molecule has 0 N–H and O–H groups in total. The summed E-state index contributed by atoms with van der Waals surface area (Å²) < 4.78 is 13.2. The van der Waals surface area contributed by atoms with Crippen LogP contribution in [0.25, 0.3) is 0 Å². The van der Waals surface area contributed by atoms with E-state index < -0.39 is 0 Å². The van der Waals surface area contributed by atoms with Gasteiger partial charge in [-0.15, -0.1) is 0 Å². The standard InChI is InChI=1S/C16H19FN2O2/c1-2-14(20)18-8-6-16(7-9-18)11-19(15(16)21)13-5-3-4-12(17)10-13/h3-5,10H,2,6-9,11H2,1H3. The summed E-state index contributed by atoms with van der Waals surface area (Å²) in [7, 11) is 0. The number of carbonyl (C=O) groups is 2. The van der Waals surface area contributed by atoms with Crippen LogP contribution in [0.5, 0.6) is 0 Å². The van der Waals surface area contributed by atoms with Gasteiger partial charge in [0, 0.05) is 31.7 Å². The van der Waals surface area contributed by atoms with Crippen molar-refractivity contribution in [3.8, 4) is 0 Å². The van der Waals surface area contributed by atoms with E-state index in [1.54, 1.807) is 17.0 Å². The molecular formula is C16H19FN2O2. The van der Waals surface area contributed by atoms with Crippen LogP contribution in [0, 0.1) is 11.2 Å². The van der Waals surface area contributed by atoms with Crippen molar-refractivity contribution in [2.75, 3.05) is 24.5 Å². The van der Waals surface area contributed by atoms with E-state index in [1.807, 2.05) is 11.8 Å². The van der Waals surface area contributed by atoms with Gasteiger partial charge in [-0.3, -0.25) is 9.59 Å². The van der Waals surface area contributed by atoms with Crippen molar-refractivity contribution >= 4 is 17.5 Å². The number of amides is 2. The van der Waals surface area contributed by atoms with Crippen LogP contribution in [0.2, 0.25) is 0 Å². The number of hydrogen-bond donors (Lipinski definition) is 0. The zero-order valence-electron chi connectivity index (χ0n) is 12.1. The molecule has 0 unspecified atom stereocenters. The Kier molecular flexibility index (Phi) is 3.43. The molecule has 2 saturated heterocycles. The fourth-order valence-corrected chi connectivity index (χ4v) is 3.27. The molecule has 112 valence electrons. The highest BCUT2D eigenvalue weighted by Gasteiger charge is 2.53. The Morgan fingerprint density at radius 1 is 1.33 bits per heavy atom. The lowest BCUT2D eigenvalue weighted by Crippen LogP contribution is -2.65. The van der Waals surface area contributed by atoms with Crippen molar-refractivity contribution in [1.82, 2.24) is 4.90 Å². The molecule has 3 rings (SSSR count). The minimum atomic E-state index is -0.336. The van der Waals surface area contributed by atoms with Crippen LogP contribution >= 0.6 is 0 Å². The van der Waals surface area contributed by atoms with Gasteiger partial charge < -0.3 is 9.80 Å². The molecule has 2 aliphatic rings. The van der Waals surface area contributed by atoms with E-state index in [-0.39, 0.29) is 23.0 Å². The van der Waals surface area contributed by atoms with E-state index in [4.69, 9.17) is 0 Å². The third-order valence-corrected chi connectivity index (χ3v) is 4.66. The molecule has 0 aromatic heterocycles. The predicted octanol–water partition coefficient (Wildman–Crippen LogP) is 2.19. The molecule has 1 spiro atoms. The molecule has 2 amide bonds. The fraction of sp³-hybridized carbons (Fsp3) is 0.500. The van der Waals surface area contributed by atoms with E-state index in [1.165, 1.54) is 12.1 Å². The third kappa shape index (κ3) is 2.30. The number of anilines is 1. The summed E-state index contributed by atoms with van der Waals surface area (Å²) in [6.45, 7) is 3.78. The van der Waals surface area contributed by atoms with Gasteiger partial charge in [0.05, 0.1) is 5.41 Å². The van der Waals surface area contributed by atoms with Gasteiger partial charge in [0.25, 0.3) is 0 Å². The third-order valence-electron chi connectivity index (χ3n) is 4.66. The summed E-state index contributed by atoms with van der Waals surface area (Å²) in [4.78, 5) is 27.7. The number of likely N-dealkylation sites (tertiary alicyclic amines) is 1. The van der Waals surface area contributed by atoms with Gasteiger partial charge in [0.1, 0.15) is 5.82 Å². The van der Waals surface area contributed by atoms with Crippen LogP contribution in [0.3, 0.4) is 0 Å². The number of β-lactam (4-membered cyclic amide) rings is 1. The number of benzene rings is 1. The SMILES string of the molecule is CCC(=O)N1CCC2(CC1)CN(c1cccc(F)c1)C2=O. The zero-order chi connectivity index (χ0) is 15.0. The maximum atomic E-state index is 13.2. The predicted molar refractivity (Wildman–Crippen MR) is 77.3 cm³/mol. The maximum absolute atomic E-state index is 13.2. The minimum Gasteiger partial charge on any atom is -0.343 e. The average Bonchev–Trinajstić information content (AvgIpc) is 2.52. The molecular weight excluding hydrogens is 271 g/mol. The number of rotatable bonds is 2.